The second kappa shape index (κ2) is 2.10. The summed E-state index contributed by atoms with van der Waals surface area (Å²) in [5, 5.41) is 12.3. The third-order valence-corrected chi connectivity index (χ3v) is 2.73. The van der Waals surface area contributed by atoms with Crippen molar-refractivity contribution in [3.05, 3.63) is 59.1 Å². The highest BCUT2D eigenvalue weighted by Crippen LogP contribution is 2.43. The summed E-state index contributed by atoms with van der Waals surface area (Å²) in [5.41, 5.74) is 2.97. The largest absolute Gasteiger partial charge is 0.617 e. The second-order valence-corrected chi connectivity index (χ2v) is 3.46. The SMILES string of the molecule is [O-][N+]12C=CC=C1Cc1ccccc12. The summed E-state index contributed by atoms with van der Waals surface area (Å²) < 4.78 is -0.351. The van der Waals surface area contributed by atoms with Gasteiger partial charge in [-0.05, 0) is 6.08 Å². The summed E-state index contributed by atoms with van der Waals surface area (Å²) in [5.74, 6) is 0. The Morgan fingerprint density at radius 3 is 3.00 bits per heavy atom. The van der Waals surface area contributed by atoms with Crippen molar-refractivity contribution < 1.29 is 0 Å². The van der Waals surface area contributed by atoms with Gasteiger partial charge in [0.15, 0.2) is 0 Å². The first-order valence-electron chi connectivity index (χ1n) is 4.38. The standard InChI is InChI=1S/C11H9NO/c13-12-7-3-5-10(12)8-9-4-1-2-6-11(9)12/h1-7H,8H2. The number of nitrogens with zero attached hydrogens (tertiary/aromatic N) is 1. The van der Waals surface area contributed by atoms with Crippen LogP contribution in [0, 0.1) is 5.21 Å². The minimum Gasteiger partial charge on any atom is -0.617 e. The van der Waals surface area contributed by atoms with E-state index < -0.39 is 0 Å². The molecule has 0 aliphatic carbocycles. The molecule has 0 N–H and O–H groups in total. The zero-order valence-electron chi connectivity index (χ0n) is 7.10. The minimum atomic E-state index is -0.351. The molecule has 13 heavy (non-hydrogen) atoms. The first-order chi connectivity index (χ1) is 6.31. The predicted octanol–water partition coefficient (Wildman–Crippen LogP) is 2.46. The minimum absolute atomic E-state index is 0.351. The number of quaternary nitrogens is 1. The average Bonchev–Trinajstić information content (AvgIpc) is 2.60. The summed E-state index contributed by atoms with van der Waals surface area (Å²) in [6.07, 6.45) is 6.26. The van der Waals surface area contributed by atoms with Crippen LogP contribution < -0.4 is 4.65 Å². The lowest BCUT2D eigenvalue weighted by Crippen LogP contribution is -2.30. The van der Waals surface area contributed by atoms with Crippen LogP contribution >= 0.6 is 0 Å². The quantitative estimate of drug-likeness (QED) is 0.434. The van der Waals surface area contributed by atoms with Gasteiger partial charge in [-0.25, -0.2) is 0 Å². The number of hydrogen-bond acceptors (Lipinski definition) is 1. The topological polar surface area (TPSA) is 23.1 Å². The van der Waals surface area contributed by atoms with Crippen LogP contribution in [-0.4, -0.2) is 0 Å². The molecule has 64 valence electrons. The number of benzene rings is 1. The van der Waals surface area contributed by atoms with Crippen LogP contribution in [0.5, 0.6) is 0 Å². The van der Waals surface area contributed by atoms with E-state index in [9.17, 15) is 5.21 Å². The van der Waals surface area contributed by atoms with E-state index in [0.717, 1.165) is 23.4 Å². The Morgan fingerprint density at radius 2 is 2.08 bits per heavy atom. The number of hydroxylamine groups is 2. The Bertz CT molecular complexity index is 433. The van der Waals surface area contributed by atoms with Crippen LogP contribution in [0.25, 0.3) is 0 Å². The number of para-hydroxylation sites is 1. The monoisotopic (exact) mass is 171 g/mol. The molecule has 2 aliphatic heterocycles. The van der Waals surface area contributed by atoms with Crippen LogP contribution in [0.2, 0.25) is 0 Å². The highest BCUT2D eigenvalue weighted by atomic mass is 16.5. The molecule has 2 heterocycles. The summed E-state index contributed by atoms with van der Waals surface area (Å²) in [6, 6.07) is 7.85. The Morgan fingerprint density at radius 1 is 1.23 bits per heavy atom. The van der Waals surface area contributed by atoms with Gasteiger partial charge in [0.1, 0.15) is 17.6 Å². The van der Waals surface area contributed by atoms with Gasteiger partial charge in [0, 0.05) is 17.7 Å². The fourth-order valence-electron chi connectivity index (χ4n) is 2.07. The summed E-state index contributed by atoms with van der Waals surface area (Å²) in [6.45, 7) is 0. The van der Waals surface area contributed by atoms with Gasteiger partial charge >= 0.3 is 0 Å². The molecule has 0 saturated carbocycles. The van der Waals surface area contributed by atoms with Crippen molar-refractivity contribution in [3.63, 3.8) is 0 Å². The molecule has 0 amide bonds. The van der Waals surface area contributed by atoms with E-state index in [4.69, 9.17) is 0 Å². The van der Waals surface area contributed by atoms with E-state index in [0.29, 0.717) is 0 Å². The van der Waals surface area contributed by atoms with Gasteiger partial charge in [-0.15, -0.1) is 0 Å². The smallest absolute Gasteiger partial charge is 0.146 e. The Labute approximate surface area is 76.6 Å². The zero-order valence-corrected chi connectivity index (χ0v) is 7.10. The van der Waals surface area contributed by atoms with E-state index in [1.165, 1.54) is 0 Å². The Hall–Kier alpha value is -1.38. The molecule has 0 saturated heterocycles. The van der Waals surface area contributed by atoms with E-state index in [2.05, 4.69) is 0 Å². The Balaban J connectivity index is 2.29. The van der Waals surface area contributed by atoms with Crippen molar-refractivity contribution >= 4 is 5.69 Å². The molecular weight excluding hydrogens is 162 g/mol. The molecule has 1 aromatic carbocycles. The maximum absolute atomic E-state index is 12.3. The molecule has 1 unspecified atom stereocenters. The molecule has 3 rings (SSSR count). The molecule has 2 nitrogen and oxygen atoms in total. The molecule has 2 aliphatic rings. The lowest BCUT2D eigenvalue weighted by molar-refractivity contribution is 0.636. The lowest BCUT2D eigenvalue weighted by Gasteiger charge is -2.32. The maximum atomic E-state index is 12.3. The van der Waals surface area contributed by atoms with E-state index in [-0.39, 0.29) is 4.65 Å². The Kier molecular flexibility index (Phi) is 1.14. The van der Waals surface area contributed by atoms with E-state index >= 15 is 0 Å². The van der Waals surface area contributed by atoms with Gasteiger partial charge in [0.05, 0.1) is 6.42 Å². The number of rotatable bonds is 0. The van der Waals surface area contributed by atoms with Crippen LogP contribution in [0.3, 0.4) is 0 Å². The first kappa shape index (κ1) is 7.06. The van der Waals surface area contributed by atoms with Crippen molar-refractivity contribution in [2.45, 2.75) is 6.42 Å². The van der Waals surface area contributed by atoms with Gasteiger partial charge < -0.3 is 5.21 Å². The highest BCUT2D eigenvalue weighted by Gasteiger charge is 2.36. The normalized spacial score (nSPS) is 28.5. The molecule has 0 fully saturated rings. The number of hydrogen-bond donors (Lipinski definition) is 0. The van der Waals surface area contributed by atoms with Gasteiger partial charge in [-0.2, -0.15) is 0 Å². The van der Waals surface area contributed by atoms with Gasteiger partial charge in [-0.3, -0.25) is 4.65 Å². The van der Waals surface area contributed by atoms with Crippen LogP contribution in [-0.2, 0) is 6.42 Å². The third kappa shape index (κ3) is 0.742. The van der Waals surface area contributed by atoms with Crippen molar-refractivity contribution in [1.82, 2.24) is 4.65 Å². The summed E-state index contributed by atoms with van der Waals surface area (Å²) in [7, 11) is 0. The van der Waals surface area contributed by atoms with Crippen molar-refractivity contribution in [3.8, 4) is 0 Å². The molecule has 1 atom stereocenters. The molecule has 0 radical (unpaired) electrons. The maximum Gasteiger partial charge on any atom is 0.146 e. The number of allylic oxidation sites excluding steroid dienone is 3. The molecule has 2 heteroatoms. The van der Waals surface area contributed by atoms with E-state index in [1.807, 2.05) is 36.4 Å². The van der Waals surface area contributed by atoms with Crippen LogP contribution in [0.15, 0.2) is 48.3 Å². The third-order valence-electron chi connectivity index (χ3n) is 2.73. The lowest BCUT2D eigenvalue weighted by atomic mass is 10.1. The molecule has 0 aromatic heterocycles. The van der Waals surface area contributed by atoms with Crippen molar-refractivity contribution in [1.29, 1.82) is 0 Å². The zero-order chi connectivity index (χ0) is 8.89. The fraction of sp³-hybridized carbons (Fsp3) is 0.0909. The van der Waals surface area contributed by atoms with Gasteiger partial charge in [-0.1, -0.05) is 18.2 Å². The number of fused-ring (bicyclic) bond motifs is 3. The van der Waals surface area contributed by atoms with Gasteiger partial charge in [0.2, 0.25) is 0 Å². The van der Waals surface area contributed by atoms with E-state index in [1.54, 1.807) is 6.20 Å². The molecular formula is C11H9NO. The predicted molar refractivity (Wildman–Crippen MR) is 52.5 cm³/mol. The van der Waals surface area contributed by atoms with Crippen LogP contribution in [0.1, 0.15) is 5.56 Å². The fourth-order valence-corrected chi connectivity index (χ4v) is 2.07. The summed E-state index contributed by atoms with van der Waals surface area (Å²) >= 11 is 0. The van der Waals surface area contributed by atoms with Gasteiger partial charge in [0.25, 0.3) is 0 Å². The molecule has 1 aromatic rings. The summed E-state index contributed by atoms with van der Waals surface area (Å²) in [4.78, 5) is 0. The second-order valence-electron chi connectivity index (χ2n) is 3.46. The molecule has 0 bridgehead atoms. The average molecular weight is 171 g/mol. The van der Waals surface area contributed by atoms with Crippen molar-refractivity contribution in [2.24, 2.45) is 0 Å². The molecule has 0 spiro atoms. The van der Waals surface area contributed by atoms with Crippen LogP contribution in [0.4, 0.5) is 5.69 Å². The van der Waals surface area contributed by atoms with Crippen molar-refractivity contribution in [2.75, 3.05) is 0 Å². The first-order valence-corrected chi connectivity index (χ1v) is 4.38. The highest BCUT2D eigenvalue weighted by molar-refractivity contribution is 5.65.